The quantitative estimate of drug-likeness (QED) is 0.371. The molecule has 26 heavy (non-hydrogen) atoms. The number of furan rings is 1. The van der Waals surface area contributed by atoms with Crippen LogP contribution < -0.4 is 5.32 Å². The van der Waals surface area contributed by atoms with Crippen molar-refractivity contribution < 1.29 is 18.9 Å². The second kappa shape index (κ2) is 6.70. The summed E-state index contributed by atoms with van der Waals surface area (Å²) in [7, 11) is 0. The third-order valence-corrected chi connectivity index (χ3v) is 4.15. The number of nitrogens with one attached hydrogen (secondary N) is 1. The first kappa shape index (κ1) is 17.8. The number of nitro groups is 1. The standard InChI is InChI=1S/C16H10ClN3O5S/c1-8(21)19-15(22)13(18-16(19)26)7-10-3-5-14(25-10)11-6-9(20(23)24)2-4-12(11)17/h2-7H,1H3,(H,18,26). The lowest BCUT2D eigenvalue weighted by molar-refractivity contribution is -0.384. The molecule has 132 valence electrons. The minimum absolute atomic E-state index is 0.0118. The van der Waals surface area contributed by atoms with Crippen molar-refractivity contribution in [1.29, 1.82) is 0 Å². The molecule has 0 unspecified atom stereocenters. The van der Waals surface area contributed by atoms with E-state index in [1.54, 1.807) is 12.1 Å². The number of carbonyl (C=O) groups excluding carboxylic acids is 2. The number of carbonyl (C=O) groups is 2. The molecule has 0 spiro atoms. The predicted molar refractivity (Wildman–Crippen MR) is 97.0 cm³/mol. The minimum Gasteiger partial charge on any atom is -0.457 e. The van der Waals surface area contributed by atoms with Crippen molar-refractivity contribution in [2.24, 2.45) is 0 Å². The number of hydrogen-bond donors (Lipinski definition) is 1. The average molecular weight is 392 g/mol. The first-order valence-electron chi connectivity index (χ1n) is 7.20. The SMILES string of the molecule is CC(=O)N1C(=O)C(=Cc2ccc(-c3cc([N+](=O)[O-])ccc3Cl)o2)NC1=S. The minimum atomic E-state index is -0.589. The molecule has 1 aliphatic rings. The lowest BCUT2D eigenvalue weighted by atomic mass is 10.1. The molecule has 1 aromatic carbocycles. The number of nitrogens with zero attached hydrogens (tertiary/aromatic N) is 2. The Kier molecular flexibility index (Phi) is 4.58. The summed E-state index contributed by atoms with van der Waals surface area (Å²) in [6.45, 7) is 1.23. The monoisotopic (exact) mass is 391 g/mol. The Hall–Kier alpha value is -3.04. The molecular weight excluding hydrogens is 382 g/mol. The smallest absolute Gasteiger partial charge is 0.283 e. The molecule has 3 rings (SSSR count). The molecule has 2 amide bonds. The van der Waals surface area contributed by atoms with E-state index >= 15 is 0 Å². The van der Waals surface area contributed by atoms with Crippen LogP contribution in [0.4, 0.5) is 5.69 Å². The Morgan fingerprint density at radius 3 is 2.73 bits per heavy atom. The largest absolute Gasteiger partial charge is 0.457 e. The van der Waals surface area contributed by atoms with E-state index in [-0.39, 0.29) is 27.3 Å². The van der Waals surface area contributed by atoms with Gasteiger partial charge in [0.1, 0.15) is 17.2 Å². The van der Waals surface area contributed by atoms with Gasteiger partial charge in [-0.2, -0.15) is 0 Å². The molecule has 1 aliphatic heterocycles. The van der Waals surface area contributed by atoms with Gasteiger partial charge in [-0.15, -0.1) is 0 Å². The number of rotatable bonds is 3. The number of benzene rings is 1. The maximum absolute atomic E-state index is 12.2. The van der Waals surface area contributed by atoms with Crippen LogP contribution in [0.2, 0.25) is 5.02 Å². The van der Waals surface area contributed by atoms with E-state index in [1.165, 1.54) is 31.2 Å². The first-order valence-corrected chi connectivity index (χ1v) is 7.98. The molecule has 1 fully saturated rings. The van der Waals surface area contributed by atoms with Crippen LogP contribution in [-0.2, 0) is 9.59 Å². The van der Waals surface area contributed by atoms with E-state index in [1.807, 2.05) is 0 Å². The molecule has 8 nitrogen and oxygen atoms in total. The van der Waals surface area contributed by atoms with Crippen LogP contribution in [0.3, 0.4) is 0 Å². The Morgan fingerprint density at radius 2 is 2.12 bits per heavy atom. The summed E-state index contributed by atoms with van der Waals surface area (Å²) in [6, 6.07) is 7.12. The summed E-state index contributed by atoms with van der Waals surface area (Å²) in [5.74, 6) is -0.512. The maximum Gasteiger partial charge on any atom is 0.283 e. The van der Waals surface area contributed by atoms with Crippen LogP contribution in [0.5, 0.6) is 0 Å². The van der Waals surface area contributed by atoms with Crippen molar-refractivity contribution in [2.45, 2.75) is 6.92 Å². The van der Waals surface area contributed by atoms with Crippen molar-refractivity contribution >= 4 is 52.5 Å². The average Bonchev–Trinajstić information content (AvgIpc) is 3.12. The third kappa shape index (κ3) is 3.22. The molecule has 0 radical (unpaired) electrons. The van der Waals surface area contributed by atoms with Crippen LogP contribution in [0.25, 0.3) is 17.4 Å². The highest BCUT2D eigenvalue weighted by atomic mass is 35.5. The maximum atomic E-state index is 12.2. The Bertz CT molecular complexity index is 998. The molecule has 2 heterocycles. The van der Waals surface area contributed by atoms with Crippen molar-refractivity contribution in [1.82, 2.24) is 10.2 Å². The molecule has 0 saturated carbocycles. The zero-order valence-corrected chi connectivity index (χ0v) is 14.8. The molecule has 10 heteroatoms. The van der Waals surface area contributed by atoms with E-state index < -0.39 is 16.7 Å². The van der Waals surface area contributed by atoms with Gasteiger partial charge >= 0.3 is 0 Å². The molecule has 1 saturated heterocycles. The van der Waals surface area contributed by atoms with Gasteiger partial charge in [0, 0.05) is 30.7 Å². The topological polar surface area (TPSA) is 106 Å². The fraction of sp³-hybridized carbons (Fsp3) is 0.0625. The summed E-state index contributed by atoms with van der Waals surface area (Å²) < 4.78 is 5.60. The van der Waals surface area contributed by atoms with Gasteiger partial charge in [-0.3, -0.25) is 19.7 Å². The summed E-state index contributed by atoms with van der Waals surface area (Å²) in [5, 5.41) is 13.8. The highest BCUT2D eigenvalue weighted by Gasteiger charge is 2.33. The van der Waals surface area contributed by atoms with Crippen molar-refractivity contribution in [2.75, 3.05) is 0 Å². The van der Waals surface area contributed by atoms with Gasteiger partial charge in [-0.1, -0.05) is 11.6 Å². The van der Waals surface area contributed by atoms with Crippen LogP contribution in [0, 0.1) is 10.1 Å². The van der Waals surface area contributed by atoms with E-state index in [0.717, 1.165) is 4.90 Å². The van der Waals surface area contributed by atoms with Gasteiger partial charge < -0.3 is 9.73 Å². The Balaban J connectivity index is 1.93. The second-order valence-electron chi connectivity index (χ2n) is 5.27. The Labute approximate surface area is 157 Å². The van der Waals surface area contributed by atoms with Crippen LogP contribution in [0.1, 0.15) is 12.7 Å². The third-order valence-electron chi connectivity index (χ3n) is 3.53. The van der Waals surface area contributed by atoms with Crippen LogP contribution in [-0.4, -0.2) is 26.8 Å². The fourth-order valence-corrected chi connectivity index (χ4v) is 2.89. The fourth-order valence-electron chi connectivity index (χ4n) is 2.35. The van der Waals surface area contributed by atoms with Gasteiger partial charge in [-0.05, 0) is 30.4 Å². The van der Waals surface area contributed by atoms with Crippen molar-refractivity contribution in [3.8, 4) is 11.3 Å². The lowest BCUT2D eigenvalue weighted by Crippen LogP contribution is -2.34. The molecule has 0 bridgehead atoms. The van der Waals surface area contributed by atoms with E-state index in [2.05, 4.69) is 5.32 Å². The van der Waals surface area contributed by atoms with Gasteiger partial charge in [0.25, 0.3) is 11.6 Å². The molecule has 0 aliphatic carbocycles. The first-order chi connectivity index (χ1) is 12.3. The zero-order valence-electron chi connectivity index (χ0n) is 13.2. The molecule has 1 aromatic heterocycles. The van der Waals surface area contributed by atoms with E-state index in [4.69, 9.17) is 28.2 Å². The molecular formula is C16H10ClN3O5S. The van der Waals surface area contributed by atoms with Crippen LogP contribution in [0.15, 0.2) is 40.4 Å². The summed E-state index contributed by atoms with van der Waals surface area (Å²) >= 11 is 11.0. The number of thiocarbonyl (C=S) groups is 1. The Morgan fingerprint density at radius 1 is 1.38 bits per heavy atom. The summed E-state index contributed by atoms with van der Waals surface area (Å²) in [5.41, 5.74) is 0.295. The number of hydrogen-bond acceptors (Lipinski definition) is 6. The zero-order chi connectivity index (χ0) is 19.0. The number of imide groups is 1. The number of amides is 2. The second-order valence-corrected chi connectivity index (χ2v) is 6.06. The summed E-state index contributed by atoms with van der Waals surface area (Å²) in [6.07, 6.45) is 1.38. The van der Waals surface area contributed by atoms with Crippen molar-refractivity contribution in [3.05, 3.63) is 56.9 Å². The number of nitro benzene ring substituents is 1. The predicted octanol–water partition coefficient (Wildman–Crippen LogP) is 3.11. The van der Waals surface area contributed by atoms with Gasteiger partial charge in [0.05, 0.1) is 9.95 Å². The van der Waals surface area contributed by atoms with E-state index in [0.29, 0.717) is 11.3 Å². The molecule has 1 N–H and O–H groups in total. The lowest BCUT2D eigenvalue weighted by Gasteiger charge is -2.06. The molecule has 0 atom stereocenters. The molecule has 2 aromatic rings. The number of non-ortho nitro benzene ring substituents is 1. The van der Waals surface area contributed by atoms with Crippen LogP contribution >= 0.6 is 23.8 Å². The van der Waals surface area contributed by atoms with Crippen molar-refractivity contribution in [3.63, 3.8) is 0 Å². The number of halogens is 1. The van der Waals surface area contributed by atoms with Gasteiger partial charge in [-0.25, -0.2) is 4.90 Å². The van der Waals surface area contributed by atoms with Gasteiger partial charge in [0.15, 0.2) is 5.11 Å². The highest BCUT2D eigenvalue weighted by Crippen LogP contribution is 2.33. The normalized spacial score (nSPS) is 15.5. The highest BCUT2D eigenvalue weighted by molar-refractivity contribution is 7.80. The van der Waals surface area contributed by atoms with E-state index in [9.17, 15) is 19.7 Å². The summed E-state index contributed by atoms with van der Waals surface area (Å²) in [4.78, 5) is 34.8. The van der Waals surface area contributed by atoms with Gasteiger partial charge in [0.2, 0.25) is 5.91 Å².